The molecule has 3 nitrogen and oxygen atoms in total. The zero-order chi connectivity index (χ0) is 12.3. The van der Waals surface area contributed by atoms with Crippen molar-refractivity contribution in [3.63, 3.8) is 0 Å². The minimum atomic E-state index is 0.481. The summed E-state index contributed by atoms with van der Waals surface area (Å²) in [6.45, 7) is 7.58. The Hall–Kier alpha value is -0.960. The van der Waals surface area contributed by atoms with Gasteiger partial charge in [-0.2, -0.15) is 0 Å². The lowest BCUT2D eigenvalue weighted by molar-refractivity contribution is 0.393. The molecule has 0 aliphatic carbocycles. The zero-order valence-corrected chi connectivity index (χ0v) is 11.2. The molecule has 1 aromatic heterocycles. The van der Waals surface area contributed by atoms with Gasteiger partial charge in [-0.3, -0.25) is 0 Å². The van der Waals surface area contributed by atoms with Crippen LogP contribution in [0.4, 0.5) is 0 Å². The second kappa shape index (κ2) is 5.58. The van der Waals surface area contributed by atoms with E-state index < -0.39 is 0 Å². The van der Waals surface area contributed by atoms with Crippen LogP contribution in [-0.4, -0.2) is 22.6 Å². The Labute approximate surface area is 104 Å². The third-order valence-corrected chi connectivity index (χ3v) is 3.35. The van der Waals surface area contributed by atoms with Crippen molar-refractivity contribution in [2.45, 2.75) is 58.4 Å². The third-order valence-electron chi connectivity index (χ3n) is 3.35. The lowest BCUT2D eigenvalue weighted by atomic mass is 10.0. The van der Waals surface area contributed by atoms with Crippen molar-refractivity contribution in [1.82, 2.24) is 15.3 Å². The molecule has 94 valence electrons. The number of nitrogens with zero attached hydrogens (tertiary/aromatic N) is 2. The second-order valence-corrected chi connectivity index (χ2v) is 5.36. The maximum Gasteiger partial charge on any atom is 0.130 e. The molecule has 0 spiro atoms. The van der Waals surface area contributed by atoms with Gasteiger partial charge in [0.1, 0.15) is 5.82 Å². The highest BCUT2D eigenvalue weighted by Crippen LogP contribution is 2.15. The Morgan fingerprint density at radius 3 is 2.82 bits per heavy atom. The average molecular weight is 233 g/mol. The van der Waals surface area contributed by atoms with Gasteiger partial charge in [0.05, 0.1) is 0 Å². The Balaban J connectivity index is 2.09. The van der Waals surface area contributed by atoms with E-state index in [1.165, 1.54) is 25.0 Å². The van der Waals surface area contributed by atoms with E-state index in [2.05, 4.69) is 42.1 Å². The molecule has 17 heavy (non-hydrogen) atoms. The van der Waals surface area contributed by atoms with Crippen LogP contribution in [0.25, 0.3) is 0 Å². The summed E-state index contributed by atoms with van der Waals surface area (Å²) >= 11 is 0. The maximum absolute atomic E-state index is 4.68. The summed E-state index contributed by atoms with van der Waals surface area (Å²) in [7, 11) is 0. The molecule has 1 unspecified atom stereocenters. The van der Waals surface area contributed by atoms with E-state index in [9.17, 15) is 0 Å². The summed E-state index contributed by atoms with van der Waals surface area (Å²) in [6, 6.07) is 2.67. The van der Waals surface area contributed by atoms with E-state index in [-0.39, 0.29) is 0 Å². The number of hydrogen-bond donors (Lipinski definition) is 1. The molecule has 0 bridgehead atoms. The van der Waals surface area contributed by atoms with Gasteiger partial charge in [0.2, 0.25) is 0 Å². The van der Waals surface area contributed by atoms with Crippen LogP contribution < -0.4 is 5.32 Å². The predicted molar refractivity (Wildman–Crippen MR) is 70.2 cm³/mol. The molecule has 0 radical (unpaired) electrons. The van der Waals surface area contributed by atoms with Crippen molar-refractivity contribution in [3.05, 3.63) is 23.3 Å². The van der Waals surface area contributed by atoms with Gasteiger partial charge in [0, 0.05) is 23.9 Å². The summed E-state index contributed by atoms with van der Waals surface area (Å²) in [6.07, 6.45) is 4.87. The quantitative estimate of drug-likeness (QED) is 0.872. The molecule has 2 rings (SSSR count). The first kappa shape index (κ1) is 12.5. The van der Waals surface area contributed by atoms with E-state index in [0.29, 0.717) is 12.0 Å². The van der Waals surface area contributed by atoms with Crippen LogP contribution in [0, 0.1) is 6.92 Å². The number of nitrogens with one attached hydrogen (secondary N) is 1. The number of rotatable bonds is 3. The van der Waals surface area contributed by atoms with Gasteiger partial charge < -0.3 is 5.32 Å². The van der Waals surface area contributed by atoms with Gasteiger partial charge >= 0.3 is 0 Å². The van der Waals surface area contributed by atoms with Crippen molar-refractivity contribution < 1.29 is 0 Å². The highest BCUT2D eigenvalue weighted by atomic mass is 15.0. The number of aromatic nitrogens is 2. The Bertz CT molecular complexity index is 368. The summed E-state index contributed by atoms with van der Waals surface area (Å²) in [5.74, 6) is 1.49. The first-order chi connectivity index (χ1) is 8.15. The fourth-order valence-electron chi connectivity index (χ4n) is 2.36. The summed E-state index contributed by atoms with van der Waals surface area (Å²) in [5, 5.41) is 3.56. The molecule has 0 amide bonds. The molecule has 1 N–H and O–H groups in total. The molecular formula is C14H23N3. The lowest BCUT2D eigenvalue weighted by Crippen LogP contribution is -2.36. The monoisotopic (exact) mass is 233 g/mol. The Kier molecular flexibility index (Phi) is 4.11. The molecular weight excluding hydrogens is 210 g/mol. The molecule has 1 saturated heterocycles. The van der Waals surface area contributed by atoms with E-state index >= 15 is 0 Å². The summed E-state index contributed by atoms with van der Waals surface area (Å²) in [5.41, 5.74) is 2.26. The smallest absolute Gasteiger partial charge is 0.130 e. The number of aryl methyl sites for hydroxylation is 1. The molecule has 1 atom stereocenters. The number of hydrogen-bond acceptors (Lipinski definition) is 3. The fraction of sp³-hybridized carbons (Fsp3) is 0.714. The minimum absolute atomic E-state index is 0.481. The van der Waals surface area contributed by atoms with Crippen LogP contribution in [0.1, 0.15) is 56.2 Å². The molecule has 1 aliphatic rings. The molecule has 1 fully saturated rings. The van der Waals surface area contributed by atoms with Crippen molar-refractivity contribution in [1.29, 1.82) is 0 Å². The van der Waals surface area contributed by atoms with Crippen LogP contribution >= 0.6 is 0 Å². The fourth-order valence-corrected chi connectivity index (χ4v) is 2.36. The van der Waals surface area contributed by atoms with Gasteiger partial charge in [-0.25, -0.2) is 9.97 Å². The van der Waals surface area contributed by atoms with Crippen molar-refractivity contribution in [3.8, 4) is 0 Å². The van der Waals surface area contributed by atoms with Gasteiger partial charge in [0.25, 0.3) is 0 Å². The van der Waals surface area contributed by atoms with Gasteiger partial charge in [-0.05, 0) is 38.3 Å². The van der Waals surface area contributed by atoms with E-state index in [1.807, 2.05) is 0 Å². The van der Waals surface area contributed by atoms with Crippen molar-refractivity contribution >= 4 is 0 Å². The number of piperidine rings is 1. The highest BCUT2D eigenvalue weighted by Gasteiger charge is 2.15. The average Bonchev–Trinajstić information content (AvgIpc) is 2.29. The highest BCUT2D eigenvalue weighted by molar-refractivity contribution is 5.13. The Morgan fingerprint density at radius 1 is 1.35 bits per heavy atom. The molecule has 0 saturated carbocycles. The normalized spacial score (nSPS) is 20.8. The largest absolute Gasteiger partial charge is 0.314 e. The van der Waals surface area contributed by atoms with Crippen molar-refractivity contribution in [2.75, 3.05) is 6.54 Å². The lowest BCUT2D eigenvalue weighted by Gasteiger charge is -2.23. The molecule has 1 aliphatic heterocycles. The van der Waals surface area contributed by atoms with E-state index in [0.717, 1.165) is 24.5 Å². The van der Waals surface area contributed by atoms with Crippen molar-refractivity contribution in [2.24, 2.45) is 0 Å². The van der Waals surface area contributed by atoms with Gasteiger partial charge in [-0.1, -0.05) is 20.3 Å². The summed E-state index contributed by atoms with van der Waals surface area (Å²) < 4.78 is 0. The van der Waals surface area contributed by atoms with E-state index in [1.54, 1.807) is 0 Å². The topological polar surface area (TPSA) is 37.8 Å². The van der Waals surface area contributed by atoms with Crippen LogP contribution in [0.15, 0.2) is 6.07 Å². The van der Waals surface area contributed by atoms with Gasteiger partial charge in [0.15, 0.2) is 0 Å². The predicted octanol–water partition coefficient (Wildman–Crippen LogP) is 2.59. The van der Waals surface area contributed by atoms with Crippen LogP contribution in [-0.2, 0) is 6.42 Å². The third kappa shape index (κ3) is 3.50. The zero-order valence-electron chi connectivity index (χ0n) is 11.2. The molecule has 2 heterocycles. The molecule has 1 aromatic rings. The first-order valence-corrected chi connectivity index (χ1v) is 6.73. The summed E-state index contributed by atoms with van der Waals surface area (Å²) in [4.78, 5) is 9.24. The SMILES string of the molecule is Cc1cc(C(C)C)nc(CC2CCCCN2)n1. The van der Waals surface area contributed by atoms with E-state index in [4.69, 9.17) is 0 Å². The van der Waals surface area contributed by atoms with Crippen LogP contribution in [0.5, 0.6) is 0 Å². The second-order valence-electron chi connectivity index (χ2n) is 5.36. The minimum Gasteiger partial charge on any atom is -0.314 e. The van der Waals surface area contributed by atoms with Crippen LogP contribution in [0.3, 0.4) is 0 Å². The molecule has 0 aromatic carbocycles. The molecule has 3 heteroatoms. The Morgan fingerprint density at radius 2 is 2.18 bits per heavy atom. The first-order valence-electron chi connectivity index (χ1n) is 6.73. The van der Waals surface area contributed by atoms with Crippen LogP contribution in [0.2, 0.25) is 0 Å². The maximum atomic E-state index is 4.68. The van der Waals surface area contributed by atoms with Gasteiger partial charge in [-0.15, -0.1) is 0 Å². The standard InChI is InChI=1S/C14H23N3/c1-10(2)13-8-11(3)16-14(17-13)9-12-6-4-5-7-15-12/h8,10,12,15H,4-7,9H2,1-3H3.